The lowest BCUT2D eigenvalue weighted by Crippen LogP contribution is -1.90. The fraction of sp³-hybridized carbons (Fsp3) is 0.833. The van der Waals surface area contributed by atoms with Crippen LogP contribution in [0.4, 0.5) is 0 Å². The first-order chi connectivity index (χ1) is 9.52. The summed E-state index contributed by atoms with van der Waals surface area (Å²) in [6.45, 7) is 6.51. The van der Waals surface area contributed by atoms with Gasteiger partial charge in [0.1, 0.15) is 0 Å². The molecule has 0 heterocycles. The summed E-state index contributed by atoms with van der Waals surface area (Å²) in [7, 11) is 0. The van der Waals surface area contributed by atoms with Gasteiger partial charge in [-0.2, -0.15) is 0 Å². The maximum Gasteiger partial charge on any atom is 0.328 e. The van der Waals surface area contributed by atoms with Gasteiger partial charge in [0, 0.05) is 6.08 Å². The first-order valence-electron chi connectivity index (χ1n) is 8.42. The monoisotopic (exact) mass is 282 g/mol. The number of aliphatic carboxylic acids is 1. The Morgan fingerprint density at radius 2 is 1.35 bits per heavy atom. The van der Waals surface area contributed by atoms with Crippen LogP contribution in [0, 0.1) is 5.92 Å². The lowest BCUT2D eigenvalue weighted by molar-refractivity contribution is -0.131. The number of allylic oxidation sites excluding steroid dienone is 1. The number of carboxylic acid groups (broad SMARTS) is 1. The third kappa shape index (κ3) is 15.3. The summed E-state index contributed by atoms with van der Waals surface area (Å²) in [4.78, 5) is 10.5. The van der Waals surface area contributed by atoms with Gasteiger partial charge in [-0.15, -0.1) is 0 Å². The number of unbranched alkanes of at least 4 members (excludes halogenated alkanes) is 8. The van der Waals surface area contributed by atoms with Crippen LogP contribution in [0.25, 0.3) is 0 Å². The van der Waals surface area contributed by atoms with Crippen LogP contribution in [0.5, 0.6) is 0 Å². The van der Waals surface area contributed by atoms with E-state index in [-0.39, 0.29) is 0 Å². The van der Waals surface area contributed by atoms with Crippen LogP contribution in [-0.4, -0.2) is 11.1 Å². The van der Waals surface area contributed by atoms with E-state index in [9.17, 15) is 4.79 Å². The predicted molar refractivity (Wildman–Crippen MR) is 87.0 cm³/mol. The quantitative estimate of drug-likeness (QED) is 0.334. The minimum atomic E-state index is -0.819. The molecule has 0 spiro atoms. The molecule has 0 radical (unpaired) electrons. The zero-order chi connectivity index (χ0) is 15.2. The van der Waals surface area contributed by atoms with E-state index in [0.717, 1.165) is 24.3 Å². The highest BCUT2D eigenvalue weighted by molar-refractivity contribution is 5.80. The first kappa shape index (κ1) is 19.2. The summed E-state index contributed by atoms with van der Waals surface area (Å²) in [5, 5.41) is 8.60. The van der Waals surface area contributed by atoms with Crippen molar-refractivity contribution in [3.63, 3.8) is 0 Å². The molecule has 0 aliphatic rings. The number of carboxylic acids is 1. The molecule has 2 nitrogen and oxygen atoms in total. The van der Waals surface area contributed by atoms with E-state index < -0.39 is 5.97 Å². The molecule has 0 bridgehead atoms. The first-order valence-corrected chi connectivity index (χ1v) is 8.42. The van der Waals surface area contributed by atoms with Gasteiger partial charge in [0.05, 0.1) is 0 Å². The lowest BCUT2D eigenvalue weighted by atomic mass is 10.0. The average molecular weight is 282 g/mol. The zero-order valence-corrected chi connectivity index (χ0v) is 13.8. The fourth-order valence-corrected chi connectivity index (χ4v) is 2.48. The molecule has 0 unspecified atom stereocenters. The van der Waals surface area contributed by atoms with Gasteiger partial charge < -0.3 is 5.11 Å². The Balaban J connectivity index is 3.19. The minimum Gasteiger partial charge on any atom is -0.478 e. The van der Waals surface area contributed by atoms with Crippen molar-refractivity contribution in [2.24, 2.45) is 5.92 Å². The van der Waals surface area contributed by atoms with E-state index in [1.54, 1.807) is 0 Å². The Labute approximate surface area is 125 Å². The van der Waals surface area contributed by atoms with E-state index >= 15 is 0 Å². The topological polar surface area (TPSA) is 37.3 Å². The number of hydrogen-bond acceptors (Lipinski definition) is 1. The third-order valence-electron chi connectivity index (χ3n) is 3.72. The molecular weight excluding hydrogens is 248 g/mol. The van der Waals surface area contributed by atoms with Crippen LogP contribution in [0.1, 0.15) is 91.4 Å². The average Bonchev–Trinajstić information content (AvgIpc) is 2.34. The lowest BCUT2D eigenvalue weighted by Gasteiger charge is -2.04. The highest BCUT2D eigenvalue weighted by Crippen LogP contribution is 2.14. The number of carbonyl (C=O) groups is 1. The molecular formula is C18H34O2. The highest BCUT2D eigenvalue weighted by Gasteiger charge is 1.97. The maximum absolute atomic E-state index is 10.5. The molecule has 118 valence electrons. The Bertz CT molecular complexity index is 267. The predicted octanol–water partition coefficient (Wildman–Crippen LogP) is 5.96. The Morgan fingerprint density at radius 1 is 0.900 bits per heavy atom. The molecule has 0 rings (SSSR count). The molecule has 0 aromatic rings. The normalized spacial score (nSPS) is 12.1. The summed E-state index contributed by atoms with van der Waals surface area (Å²) in [6, 6.07) is 0. The SMILES string of the molecule is C/C(=C\C(=O)O)CCCCCCCCCCCC(C)C. The van der Waals surface area contributed by atoms with Crippen LogP contribution in [0.3, 0.4) is 0 Å². The summed E-state index contributed by atoms with van der Waals surface area (Å²) in [5.41, 5.74) is 0.989. The second kappa shape index (κ2) is 13.2. The second-order valence-electron chi connectivity index (χ2n) is 6.44. The standard InChI is InChI=1S/C18H34O2/c1-16(2)13-11-9-7-5-4-6-8-10-12-14-17(3)15-18(19)20/h15-16H,4-14H2,1-3H3,(H,19,20)/b17-15+. The molecule has 0 aliphatic heterocycles. The van der Waals surface area contributed by atoms with Crippen LogP contribution < -0.4 is 0 Å². The van der Waals surface area contributed by atoms with Crippen LogP contribution in [-0.2, 0) is 4.79 Å². The molecule has 0 aromatic carbocycles. The van der Waals surface area contributed by atoms with Gasteiger partial charge in [0.25, 0.3) is 0 Å². The van der Waals surface area contributed by atoms with Crippen molar-refractivity contribution in [3.8, 4) is 0 Å². The second-order valence-corrected chi connectivity index (χ2v) is 6.44. The third-order valence-corrected chi connectivity index (χ3v) is 3.72. The van der Waals surface area contributed by atoms with Gasteiger partial charge >= 0.3 is 5.97 Å². The zero-order valence-electron chi connectivity index (χ0n) is 13.8. The molecule has 0 aliphatic carbocycles. The van der Waals surface area contributed by atoms with Crippen LogP contribution in [0.2, 0.25) is 0 Å². The van der Waals surface area contributed by atoms with Crippen molar-refractivity contribution in [2.75, 3.05) is 0 Å². The molecule has 20 heavy (non-hydrogen) atoms. The summed E-state index contributed by atoms with van der Waals surface area (Å²) < 4.78 is 0. The van der Waals surface area contributed by atoms with Crippen molar-refractivity contribution in [3.05, 3.63) is 11.6 Å². The molecule has 0 saturated heterocycles. The van der Waals surface area contributed by atoms with Gasteiger partial charge in [0.2, 0.25) is 0 Å². The van der Waals surface area contributed by atoms with E-state index in [2.05, 4.69) is 13.8 Å². The molecule has 0 atom stereocenters. The van der Waals surface area contributed by atoms with Crippen molar-refractivity contribution < 1.29 is 9.90 Å². The van der Waals surface area contributed by atoms with Crippen LogP contribution in [0.15, 0.2) is 11.6 Å². The van der Waals surface area contributed by atoms with Gasteiger partial charge in [0.15, 0.2) is 0 Å². The molecule has 0 aromatic heterocycles. The van der Waals surface area contributed by atoms with E-state index in [1.807, 2.05) is 6.92 Å². The van der Waals surface area contributed by atoms with Crippen molar-refractivity contribution in [2.45, 2.75) is 91.4 Å². The van der Waals surface area contributed by atoms with Crippen molar-refractivity contribution in [1.29, 1.82) is 0 Å². The smallest absolute Gasteiger partial charge is 0.328 e. The minimum absolute atomic E-state index is 0.819. The van der Waals surface area contributed by atoms with Gasteiger partial charge in [-0.05, 0) is 25.7 Å². The van der Waals surface area contributed by atoms with Gasteiger partial charge in [-0.1, -0.05) is 77.2 Å². The van der Waals surface area contributed by atoms with Gasteiger partial charge in [-0.3, -0.25) is 0 Å². The molecule has 0 amide bonds. The number of rotatable bonds is 13. The molecule has 0 saturated carbocycles. The summed E-state index contributed by atoms with van der Waals surface area (Å²) >= 11 is 0. The summed E-state index contributed by atoms with van der Waals surface area (Å²) in [6.07, 6.45) is 15.6. The van der Waals surface area contributed by atoms with E-state index in [0.29, 0.717) is 0 Å². The van der Waals surface area contributed by atoms with Crippen molar-refractivity contribution >= 4 is 5.97 Å². The largest absolute Gasteiger partial charge is 0.478 e. The van der Waals surface area contributed by atoms with Gasteiger partial charge in [-0.25, -0.2) is 4.79 Å². The fourth-order valence-electron chi connectivity index (χ4n) is 2.48. The Morgan fingerprint density at radius 3 is 1.80 bits per heavy atom. The van der Waals surface area contributed by atoms with E-state index in [4.69, 9.17) is 5.11 Å². The van der Waals surface area contributed by atoms with Crippen molar-refractivity contribution in [1.82, 2.24) is 0 Å². The Hall–Kier alpha value is -0.790. The maximum atomic E-state index is 10.5. The highest BCUT2D eigenvalue weighted by atomic mass is 16.4. The molecule has 0 fully saturated rings. The molecule has 2 heteroatoms. The molecule has 1 N–H and O–H groups in total. The summed E-state index contributed by atoms with van der Waals surface area (Å²) in [5.74, 6) is 0.0357. The van der Waals surface area contributed by atoms with E-state index in [1.165, 1.54) is 63.9 Å². The number of hydrogen-bond donors (Lipinski definition) is 1. The Kier molecular flexibility index (Phi) is 12.7. The van der Waals surface area contributed by atoms with Crippen LogP contribution >= 0.6 is 0 Å².